The standard InChI is InChI=1S/C19H21F3N6O3S/c1-11(12-3-6-14(7-4-12)32(23,29)30)25-18-27-15-8-5-13(9-31-2)26-16(15)17(28-18)24-10-19(20,21)22/h3-8,11H,9-10H2,1-2H3,(H2,23,29,30)(H2,24,25,27,28)/t11-/m1/s1. The van der Waals surface area contributed by atoms with Gasteiger partial charge in [0.2, 0.25) is 16.0 Å². The lowest BCUT2D eigenvalue weighted by Gasteiger charge is -2.17. The number of primary sulfonamides is 1. The van der Waals surface area contributed by atoms with E-state index >= 15 is 0 Å². The van der Waals surface area contributed by atoms with E-state index < -0.39 is 28.8 Å². The van der Waals surface area contributed by atoms with Crippen molar-refractivity contribution in [1.29, 1.82) is 0 Å². The lowest BCUT2D eigenvalue weighted by Crippen LogP contribution is -2.22. The Kier molecular flexibility index (Phi) is 6.81. The molecule has 0 aliphatic heterocycles. The summed E-state index contributed by atoms with van der Waals surface area (Å²) in [7, 11) is -2.34. The maximum atomic E-state index is 12.8. The summed E-state index contributed by atoms with van der Waals surface area (Å²) in [6, 6.07) is 8.75. The van der Waals surface area contributed by atoms with Crippen molar-refractivity contribution < 1.29 is 26.3 Å². The number of hydrogen-bond acceptors (Lipinski definition) is 8. The number of rotatable bonds is 8. The molecule has 1 atom stereocenters. The molecule has 0 aliphatic carbocycles. The largest absolute Gasteiger partial charge is 0.405 e. The first-order chi connectivity index (χ1) is 15.0. The van der Waals surface area contributed by atoms with Gasteiger partial charge < -0.3 is 15.4 Å². The molecule has 2 aromatic heterocycles. The van der Waals surface area contributed by atoms with E-state index in [1.807, 2.05) is 0 Å². The van der Waals surface area contributed by atoms with Crippen molar-refractivity contribution in [2.24, 2.45) is 5.14 Å². The van der Waals surface area contributed by atoms with E-state index in [0.717, 1.165) is 0 Å². The van der Waals surface area contributed by atoms with E-state index in [1.165, 1.54) is 19.2 Å². The fourth-order valence-electron chi connectivity index (χ4n) is 2.88. The van der Waals surface area contributed by atoms with Crippen LogP contribution in [0.3, 0.4) is 0 Å². The maximum Gasteiger partial charge on any atom is 0.405 e. The molecule has 0 amide bonds. The summed E-state index contributed by atoms with van der Waals surface area (Å²) < 4.78 is 66.2. The molecule has 0 saturated carbocycles. The van der Waals surface area contributed by atoms with E-state index in [-0.39, 0.29) is 28.8 Å². The Hall–Kier alpha value is -3.03. The van der Waals surface area contributed by atoms with Gasteiger partial charge in [0.25, 0.3) is 0 Å². The van der Waals surface area contributed by atoms with Crippen LogP contribution >= 0.6 is 0 Å². The zero-order valence-electron chi connectivity index (χ0n) is 17.1. The number of methoxy groups -OCH3 is 1. The minimum atomic E-state index is -4.45. The first-order valence-corrected chi connectivity index (χ1v) is 10.9. The number of halogens is 3. The summed E-state index contributed by atoms with van der Waals surface area (Å²) in [4.78, 5) is 12.8. The minimum Gasteiger partial charge on any atom is -0.378 e. The number of nitrogens with zero attached hydrogens (tertiary/aromatic N) is 3. The van der Waals surface area contributed by atoms with E-state index in [9.17, 15) is 21.6 Å². The smallest absolute Gasteiger partial charge is 0.378 e. The monoisotopic (exact) mass is 470 g/mol. The van der Waals surface area contributed by atoms with Crippen LogP contribution in [0.2, 0.25) is 0 Å². The quantitative estimate of drug-likeness (QED) is 0.458. The third kappa shape index (κ3) is 6.02. The highest BCUT2D eigenvalue weighted by Crippen LogP contribution is 2.25. The second-order valence-corrected chi connectivity index (χ2v) is 8.51. The molecule has 32 heavy (non-hydrogen) atoms. The Balaban J connectivity index is 1.92. The van der Waals surface area contributed by atoms with Gasteiger partial charge in [0, 0.05) is 7.11 Å². The zero-order chi connectivity index (χ0) is 23.5. The van der Waals surface area contributed by atoms with Crippen molar-refractivity contribution in [3.63, 3.8) is 0 Å². The van der Waals surface area contributed by atoms with Crippen LogP contribution in [0.25, 0.3) is 11.0 Å². The van der Waals surface area contributed by atoms with Crippen LogP contribution in [-0.4, -0.2) is 43.2 Å². The molecule has 0 aliphatic rings. The Labute approximate surface area is 182 Å². The molecule has 0 spiro atoms. The topological polar surface area (TPSA) is 132 Å². The first kappa shape index (κ1) is 23.6. The lowest BCUT2D eigenvalue weighted by molar-refractivity contribution is -0.115. The zero-order valence-corrected chi connectivity index (χ0v) is 18.0. The van der Waals surface area contributed by atoms with E-state index in [0.29, 0.717) is 16.8 Å². The first-order valence-electron chi connectivity index (χ1n) is 9.33. The van der Waals surface area contributed by atoms with Crippen molar-refractivity contribution >= 4 is 32.8 Å². The summed E-state index contributed by atoms with van der Waals surface area (Å²) in [6.07, 6.45) is -4.45. The molecule has 4 N–H and O–H groups in total. The summed E-state index contributed by atoms with van der Waals surface area (Å²) >= 11 is 0. The van der Waals surface area contributed by atoms with Crippen molar-refractivity contribution in [2.45, 2.75) is 30.6 Å². The summed E-state index contributed by atoms with van der Waals surface area (Å²) in [5, 5.41) is 10.4. The van der Waals surface area contributed by atoms with Crippen molar-refractivity contribution in [2.75, 3.05) is 24.3 Å². The molecule has 3 rings (SSSR count). The van der Waals surface area contributed by atoms with Gasteiger partial charge in [-0.2, -0.15) is 18.2 Å². The number of fused-ring (bicyclic) bond motifs is 1. The molecule has 13 heteroatoms. The van der Waals surface area contributed by atoms with E-state index in [2.05, 4.69) is 25.6 Å². The second kappa shape index (κ2) is 9.22. The van der Waals surface area contributed by atoms with Crippen LogP contribution < -0.4 is 15.8 Å². The predicted octanol–water partition coefficient (Wildman–Crippen LogP) is 2.97. The minimum absolute atomic E-state index is 0.0352. The van der Waals surface area contributed by atoms with Crippen molar-refractivity contribution in [1.82, 2.24) is 15.0 Å². The van der Waals surface area contributed by atoms with Gasteiger partial charge in [-0.25, -0.2) is 23.5 Å². The fourth-order valence-corrected chi connectivity index (χ4v) is 3.39. The molecule has 9 nitrogen and oxygen atoms in total. The van der Waals surface area contributed by atoms with Crippen LogP contribution in [0.4, 0.5) is 24.9 Å². The Morgan fingerprint density at radius 3 is 2.38 bits per heavy atom. The number of alkyl halides is 3. The molecular weight excluding hydrogens is 449 g/mol. The van der Waals surface area contributed by atoms with Gasteiger partial charge in [-0.1, -0.05) is 12.1 Å². The molecular formula is C19H21F3N6O3S. The van der Waals surface area contributed by atoms with Gasteiger partial charge in [0.1, 0.15) is 12.1 Å². The highest BCUT2D eigenvalue weighted by molar-refractivity contribution is 7.89. The van der Waals surface area contributed by atoms with Crippen LogP contribution in [0, 0.1) is 0 Å². The number of anilines is 2. The molecule has 0 saturated heterocycles. The molecule has 0 radical (unpaired) electrons. The Morgan fingerprint density at radius 2 is 1.78 bits per heavy atom. The van der Waals surface area contributed by atoms with Gasteiger partial charge in [-0.3, -0.25) is 0 Å². The number of benzene rings is 1. The van der Waals surface area contributed by atoms with Crippen LogP contribution in [0.15, 0.2) is 41.3 Å². The number of hydrogen-bond donors (Lipinski definition) is 3. The number of aromatic nitrogens is 3. The summed E-state index contributed by atoms with van der Waals surface area (Å²) in [5.74, 6) is -0.00367. The van der Waals surface area contributed by atoms with Gasteiger partial charge in [0.05, 0.1) is 28.8 Å². The van der Waals surface area contributed by atoms with Crippen LogP contribution in [0.1, 0.15) is 24.2 Å². The maximum absolute atomic E-state index is 12.8. The van der Waals surface area contributed by atoms with Crippen LogP contribution in [-0.2, 0) is 21.4 Å². The highest BCUT2D eigenvalue weighted by Gasteiger charge is 2.27. The molecule has 0 fully saturated rings. The molecule has 0 unspecified atom stereocenters. The predicted molar refractivity (Wildman–Crippen MR) is 112 cm³/mol. The van der Waals surface area contributed by atoms with Gasteiger partial charge >= 0.3 is 6.18 Å². The normalized spacial score (nSPS) is 13.2. The second-order valence-electron chi connectivity index (χ2n) is 6.95. The molecule has 3 aromatic rings. The van der Waals surface area contributed by atoms with Gasteiger partial charge in [-0.05, 0) is 36.8 Å². The highest BCUT2D eigenvalue weighted by atomic mass is 32.2. The lowest BCUT2D eigenvalue weighted by atomic mass is 10.1. The van der Waals surface area contributed by atoms with Crippen LogP contribution in [0.5, 0.6) is 0 Å². The molecule has 172 valence electrons. The van der Waals surface area contributed by atoms with E-state index in [1.54, 1.807) is 31.2 Å². The summed E-state index contributed by atoms with van der Waals surface area (Å²) in [5.41, 5.74) is 1.73. The number of pyridine rings is 1. The molecule has 0 bridgehead atoms. The number of nitrogens with two attached hydrogens (primary N) is 1. The number of nitrogens with one attached hydrogen (secondary N) is 2. The molecule has 1 aromatic carbocycles. The van der Waals surface area contributed by atoms with Crippen molar-refractivity contribution in [3.05, 3.63) is 47.7 Å². The summed E-state index contributed by atoms with van der Waals surface area (Å²) in [6.45, 7) is 0.655. The van der Waals surface area contributed by atoms with Gasteiger partial charge in [0.15, 0.2) is 5.82 Å². The number of ether oxygens (including phenoxy) is 1. The Bertz CT molecular complexity index is 1200. The number of sulfonamides is 1. The third-order valence-electron chi connectivity index (χ3n) is 4.40. The average Bonchev–Trinajstić information content (AvgIpc) is 2.71. The van der Waals surface area contributed by atoms with Crippen molar-refractivity contribution in [3.8, 4) is 0 Å². The Morgan fingerprint density at radius 1 is 1.09 bits per heavy atom. The third-order valence-corrected chi connectivity index (χ3v) is 5.33. The fraction of sp³-hybridized carbons (Fsp3) is 0.316. The average molecular weight is 470 g/mol. The van der Waals surface area contributed by atoms with E-state index in [4.69, 9.17) is 9.88 Å². The van der Waals surface area contributed by atoms with Gasteiger partial charge in [-0.15, -0.1) is 0 Å². The SMILES string of the molecule is COCc1ccc2nc(N[C@H](C)c3ccc(S(N)(=O)=O)cc3)nc(NCC(F)(F)F)c2n1. The molecule has 2 heterocycles.